The number of aromatic nitrogens is 1. The van der Waals surface area contributed by atoms with E-state index in [1.807, 2.05) is 0 Å². The smallest absolute Gasteiger partial charge is 0.417 e. The molecule has 33 heavy (non-hydrogen) atoms. The Kier molecular flexibility index (Phi) is 5.37. The summed E-state index contributed by atoms with van der Waals surface area (Å²) < 4.78 is 46.3. The minimum absolute atomic E-state index is 0.0788. The molecule has 168 valence electrons. The van der Waals surface area contributed by atoms with Gasteiger partial charge < -0.3 is 9.32 Å². The first-order chi connectivity index (χ1) is 15.8. The van der Waals surface area contributed by atoms with Gasteiger partial charge in [-0.3, -0.25) is 4.79 Å². The van der Waals surface area contributed by atoms with Crippen molar-refractivity contribution in [3.63, 3.8) is 0 Å². The number of hydrogen-bond acceptors (Lipinski definition) is 3. The van der Waals surface area contributed by atoms with Gasteiger partial charge in [-0.15, -0.1) is 0 Å². The molecule has 1 fully saturated rings. The number of alkyl halides is 3. The summed E-state index contributed by atoms with van der Waals surface area (Å²) in [6, 6.07) is 16.6. The molecule has 4 aromatic rings. The molecule has 0 saturated carbocycles. The van der Waals surface area contributed by atoms with Crippen LogP contribution in [0.25, 0.3) is 22.2 Å². The molecule has 0 aliphatic carbocycles. The van der Waals surface area contributed by atoms with Crippen LogP contribution in [0, 0.1) is 0 Å². The van der Waals surface area contributed by atoms with Gasteiger partial charge in [0, 0.05) is 17.1 Å². The number of carbonyl (C=O) groups excluding carboxylic acids is 1. The van der Waals surface area contributed by atoms with Crippen LogP contribution >= 0.6 is 11.6 Å². The molecule has 0 radical (unpaired) electrons. The fourth-order valence-corrected chi connectivity index (χ4v) is 4.48. The monoisotopic (exact) mass is 470 g/mol. The highest BCUT2D eigenvalue weighted by Gasteiger charge is 2.35. The molecule has 1 atom stereocenters. The Morgan fingerprint density at radius 3 is 2.67 bits per heavy atom. The van der Waals surface area contributed by atoms with Crippen LogP contribution < -0.4 is 0 Å². The Labute approximate surface area is 192 Å². The zero-order valence-electron chi connectivity index (χ0n) is 17.3. The lowest BCUT2D eigenvalue weighted by Gasteiger charge is -2.22. The lowest BCUT2D eigenvalue weighted by atomic mass is 9.99. The number of nitrogens with zero attached hydrogens (tertiary/aromatic N) is 2. The highest BCUT2D eigenvalue weighted by Crippen LogP contribution is 2.39. The van der Waals surface area contributed by atoms with E-state index in [0.717, 1.165) is 12.5 Å². The fraction of sp³-hybridized carbons (Fsp3) is 0.200. The van der Waals surface area contributed by atoms with Crippen LogP contribution in [0.4, 0.5) is 13.2 Å². The summed E-state index contributed by atoms with van der Waals surface area (Å²) in [5, 5.41) is 0.477. The summed E-state index contributed by atoms with van der Waals surface area (Å²) in [6.45, 7) is 0.555. The van der Waals surface area contributed by atoms with Crippen molar-refractivity contribution in [1.29, 1.82) is 0 Å². The van der Waals surface area contributed by atoms with Gasteiger partial charge in [-0.05, 0) is 60.4 Å². The summed E-state index contributed by atoms with van der Waals surface area (Å²) in [4.78, 5) is 19.3. The molecule has 0 bridgehead atoms. The second-order valence-corrected chi connectivity index (χ2v) is 8.38. The maximum Gasteiger partial charge on any atom is 0.417 e. The minimum Gasteiger partial charge on any atom is -0.438 e. The lowest BCUT2D eigenvalue weighted by molar-refractivity contribution is -0.137. The summed E-state index contributed by atoms with van der Waals surface area (Å²) >= 11 is 6.04. The van der Waals surface area contributed by atoms with Crippen LogP contribution in [0.15, 0.2) is 71.1 Å². The first-order valence-electron chi connectivity index (χ1n) is 10.4. The second kappa shape index (κ2) is 8.23. The lowest BCUT2D eigenvalue weighted by Crippen LogP contribution is -2.30. The first kappa shape index (κ1) is 21.5. The van der Waals surface area contributed by atoms with Crippen molar-refractivity contribution in [2.24, 2.45) is 0 Å². The molecule has 8 heteroatoms. The van der Waals surface area contributed by atoms with Crippen molar-refractivity contribution >= 4 is 28.6 Å². The average Bonchev–Trinajstić information content (AvgIpc) is 3.44. The number of likely N-dealkylation sites (tertiary alicyclic amines) is 1. The molecule has 5 rings (SSSR count). The second-order valence-electron chi connectivity index (χ2n) is 7.94. The summed E-state index contributed by atoms with van der Waals surface area (Å²) in [5.74, 6) is 0.209. The van der Waals surface area contributed by atoms with Gasteiger partial charge in [0.25, 0.3) is 5.91 Å². The summed E-state index contributed by atoms with van der Waals surface area (Å²) in [7, 11) is 0. The van der Waals surface area contributed by atoms with Crippen molar-refractivity contribution in [3.05, 3.63) is 88.8 Å². The van der Waals surface area contributed by atoms with E-state index in [2.05, 4.69) is 4.98 Å². The van der Waals surface area contributed by atoms with Crippen molar-refractivity contribution in [2.45, 2.75) is 25.1 Å². The van der Waals surface area contributed by atoms with Gasteiger partial charge >= 0.3 is 6.18 Å². The third-order valence-electron chi connectivity index (χ3n) is 5.82. The van der Waals surface area contributed by atoms with Crippen LogP contribution in [0.3, 0.4) is 0 Å². The van der Waals surface area contributed by atoms with Crippen molar-refractivity contribution in [1.82, 2.24) is 9.88 Å². The third kappa shape index (κ3) is 4.09. The topological polar surface area (TPSA) is 46.3 Å². The SMILES string of the molecule is O=C(c1cccc(Cl)c1)N1CCC[C@@H]1c1nc2cc(-c3ccccc3C(F)(F)F)ccc2o1. The number of fused-ring (bicyclic) bond motifs is 1. The normalized spacial score (nSPS) is 16.5. The standard InChI is InChI=1S/C25H18ClF3N2O2/c26-17-6-3-5-16(13-17)24(32)31-12-4-9-21(31)23-30-20-14-15(10-11-22(20)33-23)18-7-1-2-8-19(18)25(27,28)29/h1-3,5-8,10-11,13-14,21H,4,9,12H2/t21-/m1/s1. The molecule has 1 amide bonds. The molecule has 0 N–H and O–H groups in total. The largest absolute Gasteiger partial charge is 0.438 e. The molecule has 4 nitrogen and oxygen atoms in total. The Morgan fingerprint density at radius 2 is 1.88 bits per heavy atom. The zero-order chi connectivity index (χ0) is 23.2. The van der Waals surface area contributed by atoms with Gasteiger partial charge in [-0.2, -0.15) is 13.2 Å². The molecule has 1 aliphatic heterocycles. The maximum atomic E-state index is 13.5. The van der Waals surface area contributed by atoms with Crippen molar-refractivity contribution in [3.8, 4) is 11.1 Å². The van der Waals surface area contributed by atoms with Crippen molar-refractivity contribution < 1.29 is 22.4 Å². The molecule has 0 unspecified atom stereocenters. The number of carbonyl (C=O) groups is 1. The Balaban J connectivity index is 1.49. The van der Waals surface area contributed by atoms with E-state index in [1.54, 1.807) is 53.4 Å². The van der Waals surface area contributed by atoms with Gasteiger partial charge in [0.2, 0.25) is 5.89 Å². The molecule has 1 aliphatic rings. The molecule has 3 aromatic carbocycles. The molecule has 2 heterocycles. The number of oxazole rings is 1. The minimum atomic E-state index is -4.47. The van der Waals surface area contributed by atoms with Crippen molar-refractivity contribution in [2.75, 3.05) is 6.54 Å². The van der Waals surface area contributed by atoms with Crippen LogP contribution in [-0.4, -0.2) is 22.3 Å². The van der Waals surface area contributed by atoms with Crippen LogP contribution in [0.2, 0.25) is 5.02 Å². The van der Waals surface area contributed by atoms with Crippen LogP contribution in [0.5, 0.6) is 0 Å². The fourth-order valence-electron chi connectivity index (χ4n) is 4.29. The Bertz CT molecular complexity index is 1350. The number of hydrogen-bond donors (Lipinski definition) is 0. The maximum absolute atomic E-state index is 13.5. The summed E-state index contributed by atoms with van der Waals surface area (Å²) in [6.07, 6.45) is -2.99. The Hall–Kier alpha value is -3.32. The highest BCUT2D eigenvalue weighted by atomic mass is 35.5. The van der Waals surface area contributed by atoms with Gasteiger partial charge in [0.1, 0.15) is 11.6 Å². The third-order valence-corrected chi connectivity index (χ3v) is 6.05. The highest BCUT2D eigenvalue weighted by molar-refractivity contribution is 6.30. The molecule has 1 aromatic heterocycles. The van der Waals surface area contributed by atoms with Crippen LogP contribution in [0.1, 0.15) is 40.7 Å². The molecular formula is C25H18ClF3N2O2. The van der Waals surface area contributed by atoms with E-state index < -0.39 is 11.7 Å². The quantitative estimate of drug-likeness (QED) is 0.319. The molecule has 0 spiro atoms. The zero-order valence-corrected chi connectivity index (χ0v) is 18.0. The number of halogens is 4. The van der Waals surface area contributed by atoms with E-state index in [4.69, 9.17) is 16.0 Å². The van der Waals surface area contributed by atoms with E-state index in [0.29, 0.717) is 46.1 Å². The predicted octanol–water partition coefficient (Wildman–Crippen LogP) is 7.14. The van der Waals surface area contributed by atoms with Gasteiger partial charge in [-0.25, -0.2) is 4.98 Å². The number of rotatable bonds is 3. The number of amides is 1. The van der Waals surface area contributed by atoms with Crippen LogP contribution in [-0.2, 0) is 6.18 Å². The van der Waals surface area contributed by atoms with E-state index >= 15 is 0 Å². The first-order valence-corrected chi connectivity index (χ1v) is 10.8. The molecule has 1 saturated heterocycles. The number of benzene rings is 3. The average molecular weight is 471 g/mol. The van der Waals surface area contributed by atoms with Gasteiger partial charge in [0.15, 0.2) is 5.58 Å². The van der Waals surface area contributed by atoms with Gasteiger partial charge in [-0.1, -0.05) is 41.9 Å². The Morgan fingerprint density at radius 1 is 1.06 bits per heavy atom. The van der Waals surface area contributed by atoms with Gasteiger partial charge in [0.05, 0.1) is 5.56 Å². The predicted molar refractivity (Wildman–Crippen MR) is 119 cm³/mol. The van der Waals surface area contributed by atoms with E-state index in [9.17, 15) is 18.0 Å². The summed E-state index contributed by atoms with van der Waals surface area (Å²) in [5.41, 5.74) is 1.16. The van der Waals surface area contributed by atoms with E-state index in [1.165, 1.54) is 12.1 Å². The molecular weight excluding hydrogens is 453 g/mol. The van der Waals surface area contributed by atoms with E-state index in [-0.39, 0.29) is 17.5 Å².